The molecule has 0 radical (unpaired) electrons. The summed E-state index contributed by atoms with van der Waals surface area (Å²) in [5, 5.41) is 2.88. The Morgan fingerprint density at radius 2 is 2.15 bits per heavy atom. The van der Waals surface area contributed by atoms with Gasteiger partial charge in [-0.15, -0.1) is 34.5 Å². The number of hydrogen-bond donors (Lipinski definition) is 1. The quantitative estimate of drug-likeness (QED) is 0.530. The highest BCUT2D eigenvalue weighted by molar-refractivity contribution is 8.01. The molecule has 5 nitrogen and oxygen atoms in total. The summed E-state index contributed by atoms with van der Waals surface area (Å²) in [5.41, 5.74) is 1.67. The lowest BCUT2D eigenvalue weighted by atomic mass is 10.3. The van der Waals surface area contributed by atoms with E-state index in [9.17, 15) is 4.79 Å². The van der Waals surface area contributed by atoms with Gasteiger partial charge in [-0.05, 0) is 31.0 Å². The number of nitrogens with one attached hydrogen (secondary N) is 1. The van der Waals surface area contributed by atoms with Crippen molar-refractivity contribution in [2.45, 2.75) is 34.2 Å². The molecule has 9 heteroatoms. The van der Waals surface area contributed by atoms with Crippen LogP contribution in [-0.4, -0.2) is 40.5 Å². The Hall–Kier alpha value is -0.570. The number of amides is 1. The maximum atomic E-state index is 12.1. The number of thiazole rings is 1. The first-order valence-corrected chi connectivity index (χ1v) is 11.0. The summed E-state index contributed by atoms with van der Waals surface area (Å²) in [6, 6.07) is 5.71. The van der Waals surface area contributed by atoms with Crippen LogP contribution in [0.25, 0.3) is 10.2 Å². The first-order chi connectivity index (χ1) is 12.5. The SMILES string of the molecule is O=C(Nc1ccc2nc(SCCC3OCCCO3)sc2c1)C1CC1(Cl)Cl. The van der Waals surface area contributed by atoms with Gasteiger partial charge in [0.15, 0.2) is 10.6 Å². The molecule has 1 saturated carbocycles. The first-order valence-electron chi connectivity index (χ1n) is 8.46. The van der Waals surface area contributed by atoms with Crippen LogP contribution in [0.3, 0.4) is 0 Å². The molecule has 4 rings (SSSR count). The normalized spacial score (nSPS) is 22.5. The Bertz CT molecular complexity index is 808. The number of halogens is 2. The second-order valence-corrected chi connectivity index (χ2v) is 10.2. The molecule has 1 amide bonds. The Morgan fingerprint density at radius 1 is 1.38 bits per heavy atom. The minimum Gasteiger partial charge on any atom is -0.353 e. The zero-order chi connectivity index (χ0) is 18.1. The average molecular weight is 433 g/mol. The second-order valence-electron chi connectivity index (χ2n) is 6.33. The molecular formula is C17H18Cl2N2O3S2. The number of alkyl halides is 2. The van der Waals surface area contributed by atoms with E-state index in [-0.39, 0.29) is 18.1 Å². The van der Waals surface area contributed by atoms with E-state index in [0.29, 0.717) is 6.42 Å². The Labute approximate surface area is 169 Å². The lowest BCUT2D eigenvalue weighted by Crippen LogP contribution is -2.25. The first kappa shape index (κ1) is 18.8. The van der Waals surface area contributed by atoms with Crippen LogP contribution in [0.15, 0.2) is 22.5 Å². The number of rotatable bonds is 6. The summed E-state index contributed by atoms with van der Waals surface area (Å²) < 4.78 is 12.2. The van der Waals surface area contributed by atoms with Crippen LogP contribution in [0.4, 0.5) is 5.69 Å². The third-order valence-electron chi connectivity index (χ3n) is 4.25. The standard InChI is InChI=1S/C17H18Cl2N2O3S2/c18-17(19)9-11(17)15(22)20-10-2-3-12-13(8-10)26-16(21-12)25-7-4-14-23-5-1-6-24-14/h2-3,8,11,14H,1,4-7,9H2,(H,20,22). The number of aromatic nitrogens is 1. The number of fused-ring (bicyclic) bond motifs is 1. The molecule has 2 aromatic rings. The van der Waals surface area contributed by atoms with E-state index in [0.717, 1.165) is 52.1 Å². The summed E-state index contributed by atoms with van der Waals surface area (Å²) >= 11 is 15.2. The molecular weight excluding hydrogens is 415 g/mol. The minimum atomic E-state index is -0.908. The maximum absolute atomic E-state index is 12.1. The van der Waals surface area contributed by atoms with Crippen molar-refractivity contribution in [2.75, 3.05) is 24.3 Å². The molecule has 2 fully saturated rings. The van der Waals surface area contributed by atoms with Crippen LogP contribution in [0.2, 0.25) is 0 Å². The Balaban J connectivity index is 1.34. The molecule has 1 saturated heterocycles. The van der Waals surface area contributed by atoms with E-state index in [4.69, 9.17) is 32.7 Å². The lowest BCUT2D eigenvalue weighted by molar-refractivity contribution is -0.178. The number of hydrogen-bond acceptors (Lipinski definition) is 6. The van der Waals surface area contributed by atoms with Crippen molar-refractivity contribution in [3.63, 3.8) is 0 Å². The Kier molecular flexibility index (Phi) is 5.64. The molecule has 1 atom stereocenters. The molecule has 1 aromatic heterocycles. The van der Waals surface area contributed by atoms with Crippen LogP contribution < -0.4 is 5.32 Å². The summed E-state index contributed by atoms with van der Waals surface area (Å²) in [7, 11) is 0. The van der Waals surface area contributed by atoms with Crippen LogP contribution in [-0.2, 0) is 14.3 Å². The summed E-state index contributed by atoms with van der Waals surface area (Å²) in [5.74, 6) is 0.419. The van der Waals surface area contributed by atoms with Crippen molar-refractivity contribution in [3.05, 3.63) is 18.2 Å². The van der Waals surface area contributed by atoms with E-state index < -0.39 is 4.33 Å². The number of thioether (sulfide) groups is 1. The van der Waals surface area contributed by atoms with Gasteiger partial charge in [-0.25, -0.2) is 4.98 Å². The van der Waals surface area contributed by atoms with Gasteiger partial charge >= 0.3 is 0 Å². The summed E-state index contributed by atoms with van der Waals surface area (Å²) in [6.45, 7) is 1.56. The van der Waals surface area contributed by atoms with Crippen LogP contribution >= 0.6 is 46.3 Å². The molecule has 0 bridgehead atoms. The summed E-state index contributed by atoms with van der Waals surface area (Å²) in [6.07, 6.45) is 2.23. The molecule has 0 spiro atoms. The third-order valence-corrected chi connectivity index (χ3v) is 7.28. The van der Waals surface area contributed by atoms with Crippen LogP contribution in [0.5, 0.6) is 0 Å². The second kappa shape index (κ2) is 7.81. The topological polar surface area (TPSA) is 60.5 Å². The minimum absolute atomic E-state index is 0.0918. The van der Waals surface area contributed by atoms with E-state index in [1.165, 1.54) is 0 Å². The number of ether oxygens (including phenoxy) is 2. The van der Waals surface area contributed by atoms with Gasteiger partial charge in [0.1, 0.15) is 4.33 Å². The van der Waals surface area contributed by atoms with E-state index in [2.05, 4.69) is 10.3 Å². The number of nitrogens with zero attached hydrogens (tertiary/aromatic N) is 1. The number of anilines is 1. The molecule has 140 valence electrons. The highest BCUT2D eigenvalue weighted by Gasteiger charge is 2.56. The fourth-order valence-corrected chi connectivity index (χ4v) is 5.36. The van der Waals surface area contributed by atoms with Crippen molar-refractivity contribution in [3.8, 4) is 0 Å². The van der Waals surface area contributed by atoms with Gasteiger partial charge in [0.25, 0.3) is 0 Å². The molecule has 1 N–H and O–H groups in total. The molecule has 26 heavy (non-hydrogen) atoms. The third kappa shape index (κ3) is 4.46. The Morgan fingerprint density at radius 3 is 2.88 bits per heavy atom. The number of carbonyl (C=O) groups excluding carboxylic acids is 1. The molecule has 2 aliphatic rings. The van der Waals surface area contributed by atoms with Crippen LogP contribution in [0, 0.1) is 5.92 Å². The fraction of sp³-hybridized carbons (Fsp3) is 0.529. The number of carbonyl (C=O) groups is 1. The highest BCUT2D eigenvalue weighted by atomic mass is 35.5. The largest absolute Gasteiger partial charge is 0.353 e. The van der Waals surface area contributed by atoms with Gasteiger partial charge in [-0.3, -0.25) is 4.79 Å². The highest BCUT2D eigenvalue weighted by Crippen LogP contribution is 2.53. The average Bonchev–Trinajstić information content (AvgIpc) is 3.08. The molecule has 2 heterocycles. The van der Waals surface area contributed by atoms with Crippen molar-refractivity contribution in [2.24, 2.45) is 5.92 Å². The predicted octanol–water partition coefficient (Wildman–Crippen LogP) is 4.67. The fourth-order valence-electron chi connectivity index (χ4n) is 2.72. The van der Waals surface area contributed by atoms with E-state index >= 15 is 0 Å². The molecule has 1 aliphatic heterocycles. The molecule has 1 unspecified atom stereocenters. The van der Waals surface area contributed by atoms with Crippen molar-refractivity contribution in [1.29, 1.82) is 0 Å². The van der Waals surface area contributed by atoms with Gasteiger partial charge < -0.3 is 14.8 Å². The van der Waals surface area contributed by atoms with Crippen molar-refractivity contribution < 1.29 is 14.3 Å². The van der Waals surface area contributed by atoms with E-state index in [1.54, 1.807) is 23.1 Å². The van der Waals surface area contributed by atoms with Gasteiger partial charge in [-0.2, -0.15) is 0 Å². The smallest absolute Gasteiger partial charge is 0.230 e. The zero-order valence-corrected chi connectivity index (χ0v) is 17.0. The van der Waals surface area contributed by atoms with Gasteiger partial charge in [0.05, 0.1) is 29.3 Å². The van der Waals surface area contributed by atoms with Crippen molar-refractivity contribution in [1.82, 2.24) is 4.98 Å². The monoisotopic (exact) mass is 432 g/mol. The van der Waals surface area contributed by atoms with Gasteiger partial charge in [-0.1, -0.05) is 11.8 Å². The summed E-state index contributed by atoms with van der Waals surface area (Å²) in [4.78, 5) is 16.7. The lowest BCUT2D eigenvalue weighted by Gasteiger charge is -2.22. The number of benzene rings is 1. The molecule has 1 aromatic carbocycles. The van der Waals surface area contributed by atoms with Gasteiger partial charge in [0, 0.05) is 17.9 Å². The van der Waals surface area contributed by atoms with E-state index in [1.807, 2.05) is 18.2 Å². The molecule has 1 aliphatic carbocycles. The van der Waals surface area contributed by atoms with Crippen LogP contribution in [0.1, 0.15) is 19.3 Å². The van der Waals surface area contributed by atoms with Crippen molar-refractivity contribution >= 4 is 68.1 Å². The van der Waals surface area contributed by atoms with Gasteiger partial charge in [0.2, 0.25) is 5.91 Å². The predicted molar refractivity (Wildman–Crippen MR) is 106 cm³/mol. The zero-order valence-electron chi connectivity index (χ0n) is 13.9. The maximum Gasteiger partial charge on any atom is 0.230 e.